The Morgan fingerprint density at radius 3 is 2.74 bits per heavy atom. The van der Waals surface area contributed by atoms with E-state index in [4.69, 9.17) is 8.94 Å². The van der Waals surface area contributed by atoms with Gasteiger partial charge in [-0.1, -0.05) is 35.1 Å². The fourth-order valence-corrected chi connectivity index (χ4v) is 2.23. The van der Waals surface area contributed by atoms with E-state index in [0.717, 1.165) is 17.0 Å². The number of nitrogens with zero attached hydrogens (tertiary/aromatic N) is 3. The number of thioether (sulfide) groups is 1. The summed E-state index contributed by atoms with van der Waals surface area (Å²) in [5, 5.41) is 12.5. The van der Waals surface area contributed by atoms with Crippen LogP contribution in [0, 0.1) is 6.92 Å². The summed E-state index contributed by atoms with van der Waals surface area (Å²) < 4.78 is 10.6. The first-order chi connectivity index (χ1) is 9.31. The van der Waals surface area contributed by atoms with Gasteiger partial charge in [-0.15, -0.1) is 10.2 Å². The van der Waals surface area contributed by atoms with Gasteiger partial charge in [0, 0.05) is 17.4 Å². The van der Waals surface area contributed by atoms with Crippen LogP contribution in [0.1, 0.15) is 11.5 Å². The van der Waals surface area contributed by atoms with Crippen LogP contribution < -0.4 is 0 Å². The van der Waals surface area contributed by atoms with Gasteiger partial charge in [0.15, 0.2) is 0 Å². The second-order valence-corrected chi connectivity index (χ2v) is 4.88. The SMILES string of the molecule is Cc1cc(CSc2nnc(-c3ccccc3)o2)no1. The highest BCUT2D eigenvalue weighted by Crippen LogP contribution is 2.25. The average molecular weight is 273 g/mol. The van der Waals surface area contributed by atoms with Crippen molar-refractivity contribution in [2.24, 2.45) is 0 Å². The zero-order valence-electron chi connectivity index (χ0n) is 10.2. The Kier molecular flexibility index (Phi) is 3.33. The Morgan fingerprint density at radius 2 is 2.00 bits per heavy atom. The normalized spacial score (nSPS) is 10.8. The van der Waals surface area contributed by atoms with Gasteiger partial charge in [-0.05, 0) is 19.1 Å². The molecule has 1 aromatic carbocycles. The minimum atomic E-state index is 0.527. The zero-order valence-corrected chi connectivity index (χ0v) is 11.1. The fourth-order valence-electron chi connectivity index (χ4n) is 1.59. The summed E-state index contributed by atoms with van der Waals surface area (Å²) in [6, 6.07) is 11.6. The van der Waals surface area contributed by atoms with Gasteiger partial charge in [0.2, 0.25) is 5.89 Å². The molecule has 5 nitrogen and oxygen atoms in total. The molecular weight excluding hydrogens is 262 g/mol. The van der Waals surface area contributed by atoms with Crippen LogP contribution in [0.25, 0.3) is 11.5 Å². The predicted molar refractivity (Wildman–Crippen MR) is 70.5 cm³/mol. The van der Waals surface area contributed by atoms with Crippen molar-refractivity contribution in [2.75, 3.05) is 0 Å². The smallest absolute Gasteiger partial charge is 0.277 e. The quantitative estimate of drug-likeness (QED) is 0.679. The van der Waals surface area contributed by atoms with Crippen molar-refractivity contribution in [3.63, 3.8) is 0 Å². The molecule has 0 unspecified atom stereocenters. The van der Waals surface area contributed by atoms with Crippen molar-refractivity contribution in [1.82, 2.24) is 15.4 Å². The van der Waals surface area contributed by atoms with E-state index in [9.17, 15) is 0 Å². The Hall–Kier alpha value is -2.08. The highest BCUT2D eigenvalue weighted by Gasteiger charge is 2.09. The third-order valence-electron chi connectivity index (χ3n) is 2.45. The zero-order chi connectivity index (χ0) is 13.1. The first kappa shape index (κ1) is 12.0. The lowest BCUT2D eigenvalue weighted by Gasteiger charge is -1.92. The Morgan fingerprint density at radius 1 is 1.16 bits per heavy atom. The van der Waals surface area contributed by atoms with Gasteiger partial charge in [0.25, 0.3) is 5.22 Å². The molecule has 0 aliphatic carbocycles. The van der Waals surface area contributed by atoms with E-state index in [1.54, 1.807) is 0 Å². The number of benzene rings is 1. The van der Waals surface area contributed by atoms with Gasteiger partial charge >= 0.3 is 0 Å². The molecule has 0 amide bonds. The molecule has 3 rings (SSSR count). The fraction of sp³-hybridized carbons (Fsp3) is 0.154. The first-order valence-corrected chi connectivity index (χ1v) is 6.74. The van der Waals surface area contributed by atoms with Gasteiger partial charge in [0.05, 0.1) is 5.69 Å². The first-order valence-electron chi connectivity index (χ1n) is 5.75. The van der Waals surface area contributed by atoms with Crippen molar-refractivity contribution in [3.05, 3.63) is 47.9 Å². The van der Waals surface area contributed by atoms with Crippen molar-refractivity contribution in [1.29, 1.82) is 0 Å². The van der Waals surface area contributed by atoms with Crippen LogP contribution in [-0.4, -0.2) is 15.4 Å². The van der Waals surface area contributed by atoms with Crippen LogP contribution in [0.2, 0.25) is 0 Å². The second kappa shape index (κ2) is 5.27. The van der Waals surface area contributed by atoms with E-state index >= 15 is 0 Å². The summed E-state index contributed by atoms with van der Waals surface area (Å²) in [6.07, 6.45) is 0. The molecule has 0 aliphatic heterocycles. The molecule has 0 bridgehead atoms. The summed E-state index contributed by atoms with van der Waals surface area (Å²) in [7, 11) is 0. The second-order valence-electron chi connectivity index (χ2n) is 3.96. The number of aromatic nitrogens is 3. The van der Waals surface area contributed by atoms with Gasteiger partial charge < -0.3 is 8.94 Å². The number of hydrogen-bond donors (Lipinski definition) is 0. The number of rotatable bonds is 4. The molecule has 0 N–H and O–H groups in total. The molecule has 6 heteroatoms. The monoisotopic (exact) mass is 273 g/mol. The average Bonchev–Trinajstić information content (AvgIpc) is 3.06. The summed E-state index contributed by atoms with van der Waals surface area (Å²) in [4.78, 5) is 0. The highest BCUT2D eigenvalue weighted by molar-refractivity contribution is 7.98. The molecule has 0 atom stereocenters. The van der Waals surface area contributed by atoms with Crippen LogP contribution in [-0.2, 0) is 5.75 Å². The minimum absolute atomic E-state index is 0.527. The van der Waals surface area contributed by atoms with Crippen LogP contribution >= 0.6 is 11.8 Å². The van der Waals surface area contributed by atoms with Crippen molar-refractivity contribution in [2.45, 2.75) is 17.9 Å². The molecule has 19 heavy (non-hydrogen) atoms. The van der Waals surface area contributed by atoms with E-state index in [0.29, 0.717) is 16.9 Å². The predicted octanol–water partition coefficient (Wildman–Crippen LogP) is 3.33. The van der Waals surface area contributed by atoms with Gasteiger partial charge in [0.1, 0.15) is 5.76 Å². The molecular formula is C13H11N3O2S. The van der Waals surface area contributed by atoms with Crippen molar-refractivity contribution < 1.29 is 8.94 Å². The van der Waals surface area contributed by atoms with Crippen LogP contribution in [0.15, 0.2) is 50.6 Å². The van der Waals surface area contributed by atoms with E-state index in [1.807, 2.05) is 43.3 Å². The Balaban J connectivity index is 1.68. The van der Waals surface area contributed by atoms with Gasteiger partial charge in [-0.25, -0.2) is 0 Å². The Bertz CT molecular complexity index is 663. The summed E-state index contributed by atoms with van der Waals surface area (Å²) >= 11 is 1.44. The van der Waals surface area contributed by atoms with Crippen molar-refractivity contribution in [3.8, 4) is 11.5 Å². The van der Waals surface area contributed by atoms with Crippen LogP contribution in [0.4, 0.5) is 0 Å². The highest BCUT2D eigenvalue weighted by atomic mass is 32.2. The minimum Gasteiger partial charge on any atom is -0.411 e. The lowest BCUT2D eigenvalue weighted by atomic mass is 10.2. The lowest BCUT2D eigenvalue weighted by molar-refractivity contribution is 0.392. The topological polar surface area (TPSA) is 65.0 Å². The maximum absolute atomic E-state index is 5.58. The molecule has 2 heterocycles. The summed E-state index contributed by atoms with van der Waals surface area (Å²) in [5.41, 5.74) is 1.78. The number of aryl methyl sites for hydroxylation is 1. The third kappa shape index (κ3) is 2.85. The molecule has 0 aliphatic rings. The maximum atomic E-state index is 5.58. The van der Waals surface area contributed by atoms with E-state index in [2.05, 4.69) is 15.4 Å². The van der Waals surface area contributed by atoms with E-state index in [-0.39, 0.29) is 0 Å². The van der Waals surface area contributed by atoms with Gasteiger partial charge in [-0.2, -0.15) is 0 Å². The maximum Gasteiger partial charge on any atom is 0.277 e. The lowest BCUT2D eigenvalue weighted by Crippen LogP contribution is -1.79. The largest absolute Gasteiger partial charge is 0.411 e. The molecule has 0 radical (unpaired) electrons. The van der Waals surface area contributed by atoms with Crippen LogP contribution in [0.3, 0.4) is 0 Å². The van der Waals surface area contributed by atoms with E-state index in [1.165, 1.54) is 11.8 Å². The third-order valence-corrected chi connectivity index (χ3v) is 3.30. The molecule has 0 fully saturated rings. The molecule has 3 aromatic rings. The standard InChI is InChI=1S/C13H11N3O2S/c1-9-7-11(16-18-9)8-19-13-15-14-12(17-13)10-5-3-2-4-6-10/h2-7H,8H2,1H3. The molecule has 0 spiro atoms. The summed E-state index contributed by atoms with van der Waals surface area (Å²) in [5.74, 6) is 1.97. The van der Waals surface area contributed by atoms with E-state index < -0.39 is 0 Å². The molecule has 96 valence electrons. The van der Waals surface area contributed by atoms with Crippen molar-refractivity contribution >= 4 is 11.8 Å². The molecule has 0 saturated heterocycles. The molecule has 2 aromatic heterocycles. The summed E-state index contributed by atoms with van der Waals surface area (Å²) in [6.45, 7) is 1.86. The van der Waals surface area contributed by atoms with Crippen LogP contribution in [0.5, 0.6) is 0 Å². The molecule has 0 saturated carbocycles. The van der Waals surface area contributed by atoms with Gasteiger partial charge in [-0.3, -0.25) is 0 Å². The number of hydrogen-bond acceptors (Lipinski definition) is 6. The Labute approximate surface area is 114 Å².